The van der Waals surface area contributed by atoms with E-state index in [1.54, 1.807) is 6.20 Å². The second-order valence-corrected chi connectivity index (χ2v) is 8.49. The van der Waals surface area contributed by atoms with Gasteiger partial charge in [0.05, 0.1) is 18.3 Å². The summed E-state index contributed by atoms with van der Waals surface area (Å²) in [5, 5.41) is 3.26. The molecule has 150 valence electrons. The molecule has 2 aliphatic heterocycles. The van der Waals surface area contributed by atoms with E-state index >= 15 is 0 Å². The summed E-state index contributed by atoms with van der Waals surface area (Å²) in [4.78, 5) is 21.8. The van der Waals surface area contributed by atoms with Gasteiger partial charge in [0.15, 0.2) is 0 Å². The first-order valence-corrected chi connectivity index (χ1v) is 10.3. The Morgan fingerprint density at radius 1 is 1.30 bits per heavy atom. The van der Waals surface area contributed by atoms with E-state index in [9.17, 15) is 4.79 Å². The zero-order valence-corrected chi connectivity index (χ0v) is 16.8. The van der Waals surface area contributed by atoms with Crippen LogP contribution in [0.15, 0.2) is 24.4 Å². The number of carbonyl (C=O) groups is 1. The number of aromatic nitrogens is 1. The zero-order chi connectivity index (χ0) is 19.1. The van der Waals surface area contributed by atoms with E-state index in [4.69, 9.17) is 4.74 Å². The minimum atomic E-state index is -0.271. The van der Waals surface area contributed by atoms with Crippen molar-refractivity contribution in [1.82, 2.24) is 20.1 Å². The number of urea groups is 1. The second kappa shape index (κ2) is 9.51. The van der Waals surface area contributed by atoms with Gasteiger partial charge < -0.3 is 19.9 Å². The number of pyridine rings is 1. The molecule has 3 heterocycles. The van der Waals surface area contributed by atoms with Crippen molar-refractivity contribution in [2.24, 2.45) is 0 Å². The topological polar surface area (TPSA) is 57.7 Å². The molecule has 0 saturated carbocycles. The predicted molar refractivity (Wildman–Crippen MR) is 107 cm³/mol. The van der Waals surface area contributed by atoms with Gasteiger partial charge in [0.1, 0.15) is 0 Å². The summed E-state index contributed by atoms with van der Waals surface area (Å²) in [6.45, 7) is 9.30. The van der Waals surface area contributed by atoms with E-state index in [2.05, 4.69) is 29.0 Å². The molecule has 0 aromatic carbocycles. The van der Waals surface area contributed by atoms with Crippen LogP contribution < -0.4 is 5.32 Å². The van der Waals surface area contributed by atoms with Crippen LogP contribution in [-0.4, -0.2) is 65.2 Å². The molecule has 0 spiro atoms. The van der Waals surface area contributed by atoms with Gasteiger partial charge in [0, 0.05) is 31.4 Å². The summed E-state index contributed by atoms with van der Waals surface area (Å²) >= 11 is 0. The molecule has 2 saturated heterocycles. The van der Waals surface area contributed by atoms with Crippen molar-refractivity contribution in [3.8, 4) is 0 Å². The lowest BCUT2D eigenvalue weighted by atomic mass is 10.0. The maximum absolute atomic E-state index is 13.1. The van der Waals surface area contributed by atoms with Crippen LogP contribution in [0.5, 0.6) is 0 Å². The van der Waals surface area contributed by atoms with Gasteiger partial charge in [-0.1, -0.05) is 12.5 Å². The molecule has 2 aliphatic rings. The lowest BCUT2D eigenvalue weighted by Crippen LogP contribution is -2.56. The Hall–Kier alpha value is -1.66. The van der Waals surface area contributed by atoms with Crippen LogP contribution in [0, 0.1) is 0 Å². The fourth-order valence-electron chi connectivity index (χ4n) is 4.03. The van der Waals surface area contributed by atoms with Crippen molar-refractivity contribution in [2.45, 2.75) is 64.1 Å². The number of ether oxygens (including phenoxy) is 1. The summed E-state index contributed by atoms with van der Waals surface area (Å²) in [6, 6.07) is 5.80. The van der Waals surface area contributed by atoms with Crippen molar-refractivity contribution in [2.75, 3.05) is 32.8 Å². The van der Waals surface area contributed by atoms with Crippen LogP contribution in [0.25, 0.3) is 0 Å². The average Bonchev–Trinajstić information content (AvgIpc) is 3.15. The SMILES string of the molecule is CC(C)(CN1CCCCC1)NC(=O)N(Cc1ccccn1)C[C@@H]1CCCO1. The fourth-order valence-corrected chi connectivity index (χ4v) is 4.03. The van der Waals surface area contributed by atoms with Crippen molar-refractivity contribution in [3.05, 3.63) is 30.1 Å². The van der Waals surface area contributed by atoms with Gasteiger partial charge in [-0.25, -0.2) is 4.79 Å². The van der Waals surface area contributed by atoms with Crippen LogP contribution in [-0.2, 0) is 11.3 Å². The van der Waals surface area contributed by atoms with Gasteiger partial charge in [-0.05, 0) is 64.8 Å². The molecule has 1 N–H and O–H groups in total. The van der Waals surface area contributed by atoms with Gasteiger partial charge in [-0.2, -0.15) is 0 Å². The molecule has 6 heteroatoms. The number of carbonyl (C=O) groups excluding carboxylic acids is 1. The first-order chi connectivity index (χ1) is 13.0. The molecule has 1 aromatic rings. The van der Waals surface area contributed by atoms with Gasteiger partial charge in [0.25, 0.3) is 0 Å². The predicted octanol–water partition coefficient (Wildman–Crippen LogP) is 3.04. The third-order valence-corrected chi connectivity index (χ3v) is 5.33. The first kappa shape index (κ1) is 20.1. The molecule has 0 radical (unpaired) electrons. The largest absolute Gasteiger partial charge is 0.376 e. The molecule has 0 unspecified atom stereocenters. The van der Waals surface area contributed by atoms with Gasteiger partial charge in [-0.3, -0.25) is 4.98 Å². The highest BCUT2D eigenvalue weighted by molar-refractivity contribution is 5.75. The third-order valence-electron chi connectivity index (χ3n) is 5.33. The van der Waals surface area contributed by atoms with Gasteiger partial charge >= 0.3 is 6.03 Å². The van der Waals surface area contributed by atoms with E-state index in [0.29, 0.717) is 13.1 Å². The molecule has 2 fully saturated rings. The summed E-state index contributed by atoms with van der Waals surface area (Å²) < 4.78 is 5.77. The molecule has 0 aliphatic carbocycles. The molecular weight excluding hydrogens is 340 g/mol. The number of nitrogens with zero attached hydrogens (tertiary/aromatic N) is 3. The van der Waals surface area contributed by atoms with Crippen LogP contribution in [0.1, 0.15) is 51.6 Å². The first-order valence-electron chi connectivity index (χ1n) is 10.3. The van der Waals surface area contributed by atoms with Crippen molar-refractivity contribution in [3.63, 3.8) is 0 Å². The van der Waals surface area contributed by atoms with Crippen molar-refractivity contribution >= 4 is 6.03 Å². The third kappa shape index (κ3) is 6.47. The standard InChI is InChI=1S/C21H34N4O2/c1-21(2,17-24-12-6-3-7-13-24)23-20(26)25(16-19-10-8-14-27-19)15-18-9-4-5-11-22-18/h4-5,9,11,19H,3,6-8,10,12-17H2,1-2H3,(H,23,26)/t19-/m0/s1. The Bertz CT molecular complexity index is 581. The van der Waals surface area contributed by atoms with E-state index in [1.165, 1.54) is 19.3 Å². The number of piperidine rings is 1. The molecule has 1 atom stereocenters. The Morgan fingerprint density at radius 3 is 2.78 bits per heavy atom. The summed E-state index contributed by atoms with van der Waals surface area (Å²) in [7, 11) is 0. The maximum Gasteiger partial charge on any atom is 0.318 e. The van der Waals surface area contributed by atoms with E-state index < -0.39 is 0 Å². The Labute approximate surface area is 163 Å². The fraction of sp³-hybridized carbons (Fsp3) is 0.714. The minimum Gasteiger partial charge on any atom is -0.376 e. The molecule has 0 bridgehead atoms. The second-order valence-electron chi connectivity index (χ2n) is 8.49. The quantitative estimate of drug-likeness (QED) is 0.797. The highest BCUT2D eigenvalue weighted by Gasteiger charge is 2.29. The number of likely N-dealkylation sites (tertiary alicyclic amines) is 1. The van der Waals surface area contributed by atoms with Crippen LogP contribution >= 0.6 is 0 Å². The van der Waals surface area contributed by atoms with Crippen molar-refractivity contribution in [1.29, 1.82) is 0 Å². The Balaban J connectivity index is 1.61. The monoisotopic (exact) mass is 374 g/mol. The van der Waals surface area contributed by atoms with Crippen molar-refractivity contribution < 1.29 is 9.53 Å². The summed E-state index contributed by atoms with van der Waals surface area (Å²) in [5.41, 5.74) is 0.632. The number of hydrogen-bond acceptors (Lipinski definition) is 4. The summed E-state index contributed by atoms with van der Waals surface area (Å²) in [6.07, 6.45) is 7.84. The molecule has 3 rings (SSSR count). The molecule has 27 heavy (non-hydrogen) atoms. The number of amides is 2. The lowest BCUT2D eigenvalue weighted by molar-refractivity contribution is 0.0764. The van der Waals surface area contributed by atoms with Crippen LogP contribution in [0.2, 0.25) is 0 Å². The molecule has 1 aromatic heterocycles. The average molecular weight is 375 g/mol. The highest BCUT2D eigenvalue weighted by atomic mass is 16.5. The van der Waals surface area contributed by atoms with Gasteiger partial charge in [-0.15, -0.1) is 0 Å². The highest BCUT2D eigenvalue weighted by Crippen LogP contribution is 2.17. The van der Waals surface area contributed by atoms with Crippen LogP contribution in [0.3, 0.4) is 0 Å². The molecule has 6 nitrogen and oxygen atoms in total. The number of rotatable bonds is 7. The number of nitrogens with one attached hydrogen (secondary N) is 1. The minimum absolute atomic E-state index is 0.0295. The number of hydrogen-bond donors (Lipinski definition) is 1. The molecule has 2 amide bonds. The van der Waals surface area contributed by atoms with Crippen LogP contribution in [0.4, 0.5) is 4.79 Å². The van der Waals surface area contributed by atoms with E-state index in [1.807, 2.05) is 23.1 Å². The maximum atomic E-state index is 13.1. The summed E-state index contributed by atoms with van der Waals surface area (Å²) in [5.74, 6) is 0. The van der Waals surface area contributed by atoms with Gasteiger partial charge in [0.2, 0.25) is 0 Å². The van der Waals surface area contributed by atoms with E-state index in [-0.39, 0.29) is 17.7 Å². The molecular formula is C21H34N4O2. The Kier molecular flexibility index (Phi) is 7.07. The lowest BCUT2D eigenvalue weighted by Gasteiger charge is -2.37. The zero-order valence-electron chi connectivity index (χ0n) is 16.8. The Morgan fingerprint density at radius 2 is 2.11 bits per heavy atom. The normalized spacial score (nSPS) is 21.2. The van der Waals surface area contributed by atoms with E-state index in [0.717, 1.165) is 44.8 Å². The smallest absolute Gasteiger partial charge is 0.318 e.